The summed E-state index contributed by atoms with van der Waals surface area (Å²) in [5.41, 5.74) is 9.34. The topological polar surface area (TPSA) is 63.3 Å². The van der Waals surface area contributed by atoms with Gasteiger partial charge in [0.1, 0.15) is 0 Å². The Balaban J connectivity index is 2.39. The van der Waals surface area contributed by atoms with Gasteiger partial charge in [0.15, 0.2) is 5.11 Å². The predicted octanol–water partition coefficient (Wildman–Crippen LogP) is 2.06. The van der Waals surface area contributed by atoms with Crippen LogP contribution in [0.1, 0.15) is 5.56 Å². The van der Waals surface area contributed by atoms with Crippen LogP contribution in [0.2, 0.25) is 5.02 Å². The highest BCUT2D eigenvalue weighted by atomic mass is 35.5. The lowest BCUT2D eigenvalue weighted by atomic mass is 10.1. The summed E-state index contributed by atoms with van der Waals surface area (Å²) in [4.78, 5) is 4.21. The Labute approximate surface area is 108 Å². The fraction of sp³-hybridized carbons (Fsp3) is 0. The van der Waals surface area contributed by atoms with E-state index in [0.29, 0.717) is 5.02 Å². The van der Waals surface area contributed by atoms with Crippen LogP contribution in [-0.2, 0) is 0 Å². The SMILES string of the molecule is NC(=S)NN=Cc1ccc2ncccc2c1Cl. The summed E-state index contributed by atoms with van der Waals surface area (Å²) in [6.45, 7) is 0. The number of nitrogens with two attached hydrogens (primary N) is 1. The molecule has 4 nitrogen and oxygen atoms in total. The number of nitrogens with one attached hydrogen (secondary N) is 1. The molecular weight excluding hydrogens is 256 g/mol. The van der Waals surface area contributed by atoms with Crippen LogP contribution in [0.5, 0.6) is 0 Å². The normalized spacial score (nSPS) is 10.9. The Morgan fingerprint density at radius 2 is 2.29 bits per heavy atom. The highest BCUT2D eigenvalue weighted by Gasteiger charge is 2.03. The maximum atomic E-state index is 6.23. The number of pyridine rings is 1. The molecule has 0 saturated carbocycles. The third-order valence-corrected chi connectivity index (χ3v) is 2.64. The number of hydrazone groups is 1. The average molecular weight is 265 g/mol. The van der Waals surface area contributed by atoms with Crippen molar-refractivity contribution in [3.05, 3.63) is 41.0 Å². The van der Waals surface area contributed by atoms with Gasteiger partial charge in [-0.1, -0.05) is 11.6 Å². The van der Waals surface area contributed by atoms with Crippen LogP contribution in [0.4, 0.5) is 0 Å². The van der Waals surface area contributed by atoms with E-state index in [4.69, 9.17) is 17.3 Å². The van der Waals surface area contributed by atoms with E-state index in [1.807, 2.05) is 24.3 Å². The van der Waals surface area contributed by atoms with Crippen LogP contribution >= 0.6 is 23.8 Å². The van der Waals surface area contributed by atoms with Crippen molar-refractivity contribution in [3.63, 3.8) is 0 Å². The highest BCUT2D eigenvalue weighted by molar-refractivity contribution is 7.80. The molecule has 1 heterocycles. The monoisotopic (exact) mass is 264 g/mol. The van der Waals surface area contributed by atoms with Gasteiger partial charge in [-0.25, -0.2) is 0 Å². The van der Waals surface area contributed by atoms with Gasteiger partial charge in [-0.2, -0.15) is 5.10 Å². The van der Waals surface area contributed by atoms with E-state index in [0.717, 1.165) is 16.5 Å². The molecule has 0 amide bonds. The summed E-state index contributed by atoms with van der Waals surface area (Å²) in [7, 11) is 0. The molecule has 0 atom stereocenters. The van der Waals surface area contributed by atoms with Crippen LogP contribution < -0.4 is 11.2 Å². The van der Waals surface area contributed by atoms with Gasteiger partial charge < -0.3 is 5.73 Å². The number of nitrogens with zero attached hydrogens (tertiary/aromatic N) is 2. The first kappa shape index (κ1) is 11.8. The fourth-order valence-electron chi connectivity index (χ4n) is 1.40. The quantitative estimate of drug-likeness (QED) is 0.495. The van der Waals surface area contributed by atoms with Gasteiger partial charge in [0.2, 0.25) is 0 Å². The number of hydrogen-bond donors (Lipinski definition) is 2. The largest absolute Gasteiger partial charge is 0.375 e. The number of thiocarbonyl (C=S) groups is 1. The van der Waals surface area contributed by atoms with Gasteiger partial charge in [-0.05, 0) is 36.5 Å². The molecule has 0 spiro atoms. The second kappa shape index (κ2) is 5.07. The van der Waals surface area contributed by atoms with Crippen LogP contribution in [0.25, 0.3) is 10.9 Å². The predicted molar refractivity (Wildman–Crippen MR) is 74.3 cm³/mol. The zero-order valence-corrected chi connectivity index (χ0v) is 10.3. The van der Waals surface area contributed by atoms with E-state index in [2.05, 4.69) is 27.7 Å². The van der Waals surface area contributed by atoms with E-state index < -0.39 is 0 Å². The van der Waals surface area contributed by atoms with E-state index in [1.54, 1.807) is 12.4 Å². The molecule has 1 aromatic carbocycles. The highest BCUT2D eigenvalue weighted by Crippen LogP contribution is 2.24. The van der Waals surface area contributed by atoms with Crippen molar-refractivity contribution >= 4 is 46.0 Å². The molecule has 1 aromatic heterocycles. The molecule has 0 aliphatic rings. The van der Waals surface area contributed by atoms with Crippen LogP contribution in [-0.4, -0.2) is 16.3 Å². The standard InChI is InChI=1S/C11H9ClN4S/c12-10-7(6-15-16-11(13)17)3-4-9-8(10)2-1-5-14-9/h1-6H,(H3,13,16,17). The maximum Gasteiger partial charge on any atom is 0.184 e. The molecule has 3 N–H and O–H groups in total. The minimum Gasteiger partial charge on any atom is -0.375 e. The first-order chi connectivity index (χ1) is 8.18. The lowest BCUT2D eigenvalue weighted by Gasteiger charge is -2.02. The van der Waals surface area contributed by atoms with Gasteiger partial charge in [-0.15, -0.1) is 0 Å². The first-order valence-corrected chi connectivity index (χ1v) is 5.59. The smallest absolute Gasteiger partial charge is 0.184 e. The Morgan fingerprint density at radius 1 is 1.47 bits per heavy atom. The number of aromatic nitrogens is 1. The number of halogens is 1. The molecule has 0 aliphatic carbocycles. The number of benzene rings is 1. The molecule has 2 rings (SSSR count). The fourth-order valence-corrected chi connectivity index (χ4v) is 1.72. The summed E-state index contributed by atoms with van der Waals surface area (Å²) in [6.07, 6.45) is 3.29. The molecule has 17 heavy (non-hydrogen) atoms. The minimum absolute atomic E-state index is 0.111. The van der Waals surface area contributed by atoms with Crippen molar-refractivity contribution in [2.75, 3.05) is 0 Å². The second-order valence-corrected chi connectivity index (χ2v) is 4.09. The lowest BCUT2D eigenvalue weighted by molar-refractivity contribution is 1.04. The van der Waals surface area contributed by atoms with E-state index in [1.165, 1.54) is 0 Å². The molecule has 0 bridgehead atoms. The number of hydrogen-bond acceptors (Lipinski definition) is 3. The molecule has 6 heteroatoms. The third-order valence-electron chi connectivity index (χ3n) is 2.13. The Morgan fingerprint density at radius 3 is 3.06 bits per heavy atom. The molecule has 0 unspecified atom stereocenters. The van der Waals surface area contributed by atoms with Crippen molar-refractivity contribution in [3.8, 4) is 0 Å². The molecular formula is C11H9ClN4S. The summed E-state index contributed by atoms with van der Waals surface area (Å²) < 4.78 is 0. The Bertz CT molecular complexity index is 597. The van der Waals surface area contributed by atoms with Gasteiger partial charge in [-0.3, -0.25) is 10.4 Å². The molecule has 0 fully saturated rings. The van der Waals surface area contributed by atoms with Gasteiger partial charge >= 0.3 is 0 Å². The van der Waals surface area contributed by atoms with E-state index in [9.17, 15) is 0 Å². The summed E-state index contributed by atoms with van der Waals surface area (Å²) in [5.74, 6) is 0. The van der Waals surface area contributed by atoms with Gasteiger partial charge in [0.05, 0.1) is 16.8 Å². The molecule has 0 aliphatic heterocycles. The van der Waals surface area contributed by atoms with Crippen molar-refractivity contribution in [1.82, 2.24) is 10.4 Å². The second-order valence-electron chi connectivity index (χ2n) is 3.27. The van der Waals surface area contributed by atoms with E-state index >= 15 is 0 Å². The molecule has 86 valence electrons. The van der Waals surface area contributed by atoms with Crippen LogP contribution in [0, 0.1) is 0 Å². The number of fused-ring (bicyclic) bond motifs is 1. The van der Waals surface area contributed by atoms with Crippen molar-refractivity contribution in [2.24, 2.45) is 10.8 Å². The first-order valence-electron chi connectivity index (χ1n) is 4.80. The summed E-state index contributed by atoms with van der Waals surface area (Å²) in [6, 6.07) is 7.46. The van der Waals surface area contributed by atoms with E-state index in [-0.39, 0.29) is 5.11 Å². The van der Waals surface area contributed by atoms with Gasteiger partial charge in [0, 0.05) is 17.1 Å². The zero-order chi connectivity index (χ0) is 12.3. The van der Waals surface area contributed by atoms with Crippen molar-refractivity contribution in [2.45, 2.75) is 0 Å². The third kappa shape index (κ3) is 2.69. The maximum absolute atomic E-state index is 6.23. The zero-order valence-electron chi connectivity index (χ0n) is 8.72. The Kier molecular flexibility index (Phi) is 3.51. The van der Waals surface area contributed by atoms with Gasteiger partial charge in [0.25, 0.3) is 0 Å². The summed E-state index contributed by atoms with van der Waals surface area (Å²) >= 11 is 10.9. The number of rotatable bonds is 2. The minimum atomic E-state index is 0.111. The van der Waals surface area contributed by atoms with Crippen LogP contribution in [0.3, 0.4) is 0 Å². The molecule has 0 radical (unpaired) electrons. The van der Waals surface area contributed by atoms with Crippen molar-refractivity contribution in [1.29, 1.82) is 0 Å². The summed E-state index contributed by atoms with van der Waals surface area (Å²) in [5, 5.41) is 5.46. The average Bonchev–Trinajstić information content (AvgIpc) is 2.32. The van der Waals surface area contributed by atoms with Crippen molar-refractivity contribution < 1.29 is 0 Å². The Hall–Kier alpha value is -1.72. The lowest BCUT2D eigenvalue weighted by Crippen LogP contribution is -2.24. The van der Waals surface area contributed by atoms with Crippen LogP contribution in [0.15, 0.2) is 35.6 Å². The molecule has 2 aromatic rings. The molecule has 0 saturated heterocycles.